The summed E-state index contributed by atoms with van der Waals surface area (Å²) in [5.74, 6) is -0.322. The average Bonchev–Trinajstić information content (AvgIpc) is 3.37. The van der Waals surface area contributed by atoms with E-state index in [0.717, 1.165) is 24.2 Å². The fraction of sp³-hybridized carbons (Fsp3) is 0.500. The van der Waals surface area contributed by atoms with Crippen LogP contribution in [0.2, 0.25) is 0 Å². The molecule has 0 radical (unpaired) electrons. The Bertz CT molecular complexity index is 1010. The van der Waals surface area contributed by atoms with Gasteiger partial charge in [-0.2, -0.15) is 0 Å². The first-order chi connectivity index (χ1) is 17.4. The van der Waals surface area contributed by atoms with E-state index in [1.807, 2.05) is 17.0 Å². The SMILES string of the molecule is CNC(CCCC1(c2ccc(F)cc2)OCCO1)C(=O)N1CCC(Oc2ccc(C(C)=O)cc2)CC1. The van der Waals surface area contributed by atoms with Crippen molar-refractivity contribution in [3.63, 3.8) is 0 Å². The highest BCUT2D eigenvalue weighted by atomic mass is 19.1. The van der Waals surface area contributed by atoms with Gasteiger partial charge in [0.25, 0.3) is 0 Å². The summed E-state index contributed by atoms with van der Waals surface area (Å²) in [6.45, 7) is 3.80. The van der Waals surface area contributed by atoms with Gasteiger partial charge in [-0.15, -0.1) is 0 Å². The number of ketones is 1. The van der Waals surface area contributed by atoms with E-state index in [-0.39, 0.29) is 29.7 Å². The number of carbonyl (C=O) groups excluding carboxylic acids is 2. The Morgan fingerprint density at radius 2 is 1.72 bits per heavy atom. The minimum absolute atomic E-state index is 0.0291. The van der Waals surface area contributed by atoms with E-state index < -0.39 is 5.79 Å². The molecule has 2 saturated heterocycles. The van der Waals surface area contributed by atoms with E-state index in [4.69, 9.17) is 14.2 Å². The van der Waals surface area contributed by atoms with E-state index >= 15 is 0 Å². The van der Waals surface area contributed by atoms with Gasteiger partial charge < -0.3 is 24.4 Å². The molecule has 2 aliphatic rings. The summed E-state index contributed by atoms with van der Waals surface area (Å²) >= 11 is 0. The first-order valence-corrected chi connectivity index (χ1v) is 12.7. The van der Waals surface area contributed by atoms with Gasteiger partial charge in [0.2, 0.25) is 5.91 Å². The molecule has 2 aliphatic heterocycles. The van der Waals surface area contributed by atoms with Gasteiger partial charge in [-0.25, -0.2) is 4.39 Å². The summed E-state index contributed by atoms with van der Waals surface area (Å²) in [4.78, 5) is 26.5. The van der Waals surface area contributed by atoms with Crippen LogP contribution in [0.5, 0.6) is 5.75 Å². The highest BCUT2D eigenvalue weighted by molar-refractivity contribution is 5.94. The summed E-state index contributed by atoms with van der Waals surface area (Å²) in [5, 5.41) is 3.17. The molecule has 0 bridgehead atoms. The molecule has 2 aromatic carbocycles. The van der Waals surface area contributed by atoms with Gasteiger partial charge in [0.1, 0.15) is 17.7 Å². The molecule has 36 heavy (non-hydrogen) atoms. The Morgan fingerprint density at radius 1 is 1.08 bits per heavy atom. The van der Waals surface area contributed by atoms with Crippen LogP contribution in [-0.2, 0) is 20.1 Å². The van der Waals surface area contributed by atoms with Gasteiger partial charge in [0.05, 0.1) is 19.3 Å². The molecule has 0 saturated carbocycles. The number of halogens is 1. The molecule has 2 fully saturated rings. The third-order valence-electron chi connectivity index (χ3n) is 7.00. The van der Waals surface area contributed by atoms with Gasteiger partial charge in [-0.3, -0.25) is 9.59 Å². The summed E-state index contributed by atoms with van der Waals surface area (Å²) < 4.78 is 31.4. The van der Waals surface area contributed by atoms with E-state index in [2.05, 4.69) is 5.32 Å². The fourth-order valence-corrected chi connectivity index (χ4v) is 4.92. The molecule has 194 valence electrons. The van der Waals surface area contributed by atoms with Crippen LogP contribution in [0, 0.1) is 5.82 Å². The molecule has 1 amide bonds. The van der Waals surface area contributed by atoms with Crippen molar-refractivity contribution in [2.45, 2.75) is 57.0 Å². The van der Waals surface area contributed by atoms with Crippen molar-refractivity contribution < 1.29 is 28.2 Å². The lowest BCUT2D eigenvalue weighted by atomic mass is 9.97. The maximum absolute atomic E-state index is 13.4. The topological polar surface area (TPSA) is 77.1 Å². The minimum Gasteiger partial charge on any atom is -0.490 e. The number of nitrogens with zero attached hydrogens (tertiary/aromatic N) is 1. The van der Waals surface area contributed by atoms with Gasteiger partial charge in [0.15, 0.2) is 11.6 Å². The summed E-state index contributed by atoms with van der Waals surface area (Å²) in [7, 11) is 1.81. The summed E-state index contributed by atoms with van der Waals surface area (Å²) in [5.41, 5.74) is 1.46. The van der Waals surface area contributed by atoms with Crippen molar-refractivity contribution in [3.05, 3.63) is 65.5 Å². The molecule has 8 heteroatoms. The fourth-order valence-electron chi connectivity index (χ4n) is 4.92. The molecule has 1 unspecified atom stereocenters. The monoisotopic (exact) mass is 498 g/mol. The predicted octanol–water partition coefficient (Wildman–Crippen LogP) is 4.06. The lowest BCUT2D eigenvalue weighted by molar-refractivity contribution is -0.172. The Labute approximate surface area is 211 Å². The van der Waals surface area contributed by atoms with E-state index in [9.17, 15) is 14.0 Å². The van der Waals surface area contributed by atoms with Crippen molar-refractivity contribution in [1.82, 2.24) is 10.2 Å². The number of rotatable bonds is 10. The van der Waals surface area contributed by atoms with Crippen LogP contribution in [0.1, 0.15) is 54.9 Å². The molecule has 0 spiro atoms. The maximum Gasteiger partial charge on any atom is 0.239 e. The lowest BCUT2D eigenvalue weighted by Crippen LogP contribution is -2.49. The molecule has 2 aromatic rings. The van der Waals surface area contributed by atoms with E-state index in [0.29, 0.717) is 51.1 Å². The average molecular weight is 499 g/mol. The van der Waals surface area contributed by atoms with Gasteiger partial charge in [-0.05, 0) is 63.2 Å². The lowest BCUT2D eigenvalue weighted by Gasteiger charge is -2.34. The van der Waals surface area contributed by atoms with Gasteiger partial charge >= 0.3 is 0 Å². The van der Waals surface area contributed by atoms with Crippen LogP contribution >= 0.6 is 0 Å². The third kappa shape index (κ3) is 6.30. The molecule has 7 nitrogen and oxygen atoms in total. The highest BCUT2D eigenvalue weighted by Gasteiger charge is 2.38. The Kier molecular flexibility index (Phi) is 8.72. The number of likely N-dealkylation sites (N-methyl/N-ethyl adjacent to an activating group) is 1. The smallest absolute Gasteiger partial charge is 0.239 e. The van der Waals surface area contributed by atoms with Crippen molar-refractivity contribution in [2.24, 2.45) is 0 Å². The molecular weight excluding hydrogens is 463 g/mol. The second-order valence-electron chi connectivity index (χ2n) is 9.41. The first-order valence-electron chi connectivity index (χ1n) is 12.7. The zero-order valence-electron chi connectivity index (χ0n) is 21.0. The number of hydrogen-bond donors (Lipinski definition) is 1. The second kappa shape index (κ2) is 12.0. The largest absolute Gasteiger partial charge is 0.490 e. The van der Waals surface area contributed by atoms with Crippen LogP contribution < -0.4 is 10.1 Å². The minimum atomic E-state index is -0.882. The number of ether oxygens (including phenoxy) is 3. The normalized spacial score (nSPS) is 18.7. The zero-order chi connectivity index (χ0) is 25.5. The van der Waals surface area contributed by atoms with Crippen LogP contribution in [0.25, 0.3) is 0 Å². The van der Waals surface area contributed by atoms with E-state index in [1.165, 1.54) is 12.1 Å². The third-order valence-corrected chi connectivity index (χ3v) is 7.00. The number of hydrogen-bond acceptors (Lipinski definition) is 6. The standard InChI is InChI=1S/C28H35FN2O5/c1-20(32)21-5-11-24(12-6-21)36-25-13-16-31(17-14-25)27(33)26(30-2)4-3-15-28(34-18-19-35-28)22-7-9-23(29)10-8-22/h5-12,25-26,30H,3-4,13-19H2,1-2H3. The molecule has 4 rings (SSSR count). The Hall–Kier alpha value is -2.81. The quantitative estimate of drug-likeness (QED) is 0.498. The maximum atomic E-state index is 13.4. The summed E-state index contributed by atoms with van der Waals surface area (Å²) in [6, 6.07) is 13.1. The second-order valence-corrected chi connectivity index (χ2v) is 9.41. The molecule has 1 N–H and O–H groups in total. The number of carbonyl (C=O) groups is 2. The Balaban J connectivity index is 1.26. The number of piperidine rings is 1. The van der Waals surface area contributed by atoms with E-state index in [1.54, 1.807) is 38.2 Å². The Morgan fingerprint density at radius 3 is 2.31 bits per heavy atom. The molecule has 0 aromatic heterocycles. The predicted molar refractivity (Wildman–Crippen MR) is 133 cm³/mol. The van der Waals surface area contributed by atoms with Crippen molar-refractivity contribution in [2.75, 3.05) is 33.4 Å². The number of Topliss-reactive ketones (excluding diaryl/α,β-unsaturated/α-hetero) is 1. The van der Waals surface area contributed by atoms with Crippen molar-refractivity contribution in [1.29, 1.82) is 0 Å². The van der Waals surface area contributed by atoms with Crippen LogP contribution in [0.15, 0.2) is 48.5 Å². The zero-order valence-corrected chi connectivity index (χ0v) is 21.0. The number of benzene rings is 2. The van der Waals surface area contributed by atoms with Crippen molar-refractivity contribution in [3.8, 4) is 5.75 Å². The summed E-state index contributed by atoms with van der Waals surface area (Å²) in [6.07, 6.45) is 3.49. The number of nitrogens with one attached hydrogen (secondary N) is 1. The first kappa shape index (κ1) is 26.3. The van der Waals surface area contributed by atoms with Crippen LogP contribution in [0.4, 0.5) is 4.39 Å². The van der Waals surface area contributed by atoms with Gasteiger partial charge in [-0.1, -0.05) is 12.1 Å². The number of amides is 1. The molecular formula is C28H35FN2O5. The van der Waals surface area contributed by atoms with Gasteiger partial charge in [0, 0.05) is 43.5 Å². The number of likely N-dealkylation sites (tertiary alicyclic amines) is 1. The van der Waals surface area contributed by atoms with Crippen LogP contribution in [-0.4, -0.2) is 62.1 Å². The van der Waals surface area contributed by atoms with Crippen molar-refractivity contribution >= 4 is 11.7 Å². The molecule has 1 atom stereocenters. The van der Waals surface area contributed by atoms with Crippen LogP contribution in [0.3, 0.4) is 0 Å². The highest BCUT2D eigenvalue weighted by Crippen LogP contribution is 2.36. The molecule has 0 aliphatic carbocycles. The molecule has 2 heterocycles.